The van der Waals surface area contributed by atoms with Gasteiger partial charge in [-0.05, 0) is 12.5 Å². The average Bonchev–Trinajstić information content (AvgIpc) is 2.68. The molecule has 4 unspecified atom stereocenters. The van der Waals surface area contributed by atoms with Crippen LogP contribution in [0.1, 0.15) is 19.8 Å². The molecule has 2 aliphatic heterocycles. The Balaban J connectivity index is 1.82. The highest BCUT2D eigenvalue weighted by molar-refractivity contribution is 5.82. The molecule has 0 aromatic rings. The van der Waals surface area contributed by atoms with Crippen molar-refractivity contribution >= 4 is 11.9 Å². The van der Waals surface area contributed by atoms with Crippen molar-refractivity contribution in [1.82, 2.24) is 5.32 Å². The second kappa shape index (κ2) is 11.0. The van der Waals surface area contributed by atoms with Crippen LogP contribution in [-0.4, -0.2) is 100 Å². The van der Waals surface area contributed by atoms with Gasteiger partial charge in [0.15, 0.2) is 6.29 Å². The molecule has 0 bridgehead atoms. The van der Waals surface area contributed by atoms with Crippen LogP contribution >= 0.6 is 0 Å². The summed E-state index contributed by atoms with van der Waals surface area (Å²) in [5, 5.41) is 62.7. The first-order valence-corrected chi connectivity index (χ1v) is 9.59. The number of hydrogen-bond acceptors (Lipinski definition) is 11. The highest BCUT2D eigenvalue weighted by Crippen LogP contribution is 2.28. The number of carboxylic acids is 1. The predicted molar refractivity (Wildman–Crippen MR) is 95.1 cm³/mol. The Labute approximate surface area is 172 Å². The van der Waals surface area contributed by atoms with Gasteiger partial charge in [0.05, 0.1) is 25.4 Å². The van der Waals surface area contributed by atoms with E-state index >= 15 is 0 Å². The van der Waals surface area contributed by atoms with E-state index in [0.29, 0.717) is 0 Å². The molecule has 2 aliphatic rings. The normalized spacial score (nSPS) is 36.5. The fourth-order valence-corrected chi connectivity index (χ4v) is 3.56. The fourth-order valence-electron chi connectivity index (χ4n) is 3.56. The number of aliphatic carboxylic acids is 1. The van der Waals surface area contributed by atoms with Crippen LogP contribution in [0.4, 0.5) is 0 Å². The Morgan fingerprint density at radius 1 is 1.13 bits per heavy atom. The molecule has 0 saturated carbocycles. The van der Waals surface area contributed by atoms with Crippen LogP contribution in [0.3, 0.4) is 0 Å². The SMILES string of the molecule is CC(=O)NC1C(O)OC(CO)[C@@H](CCOCC[C@@H]2OC(C(=O)[O-])=C[C@@H](O)C2O)[C@H]1O. The predicted octanol–water partition coefficient (Wildman–Crippen LogP) is -4.27. The molecule has 12 heteroatoms. The number of nitrogens with one attached hydrogen (secondary N) is 1. The van der Waals surface area contributed by atoms with Crippen molar-refractivity contribution in [3.63, 3.8) is 0 Å². The third-order valence-corrected chi connectivity index (χ3v) is 5.13. The summed E-state index contributed by atoms with van der Waals surface area (Å²) in [5.74, 6) is -3.27. The van der Waals surface area contributed by atoms with Gasteiger partial charge in [0.2, 0.25) is 5.91 Å². The Morgan fingerprint density at radius 3 is 2.40 bits per heavy atom. The maximum atomic E-state index is 11.3. The largest absolute Gasteiger partial charge is 0.542 e. The summed E-state index contributed by atoms with van der Waals surface area (Å²) in [6, 6.07) is -1.06. The van der Waals surface area contributed by atoms with Gasteiger partial charge in [0.1, 0.15) is 36.1 Å². The summed E-state index contributed by atoms with van der Waals surface area (Å²) in [5.41, 5.74) is 0. The molecule has 1 amide bonds. The summed E-state index contributed by atoms with van der Waals surface area (Å²) in [4.78, 5) is 22.1. The third kappa shape index (κ3) is 6.11. The van der Waals surface area contributed by atoms with Gasteiger partial charge in [-0.2, -0.15) is 0 Å². The van der Waals surface area contributed by atoms with Crippen LogP contribution in [0, 0.1) is 5.92 Å². The lowest BCUT2D eigenvalue weighted by atomic mass is 9.85. The van der Waals surface area contributed by atoms with Gasteiger partial charge in [0.25, 0.3) is 0 Å². The van der Waals surface area contributed by atoms with Gasteiger partial charge in [-0.3, -0.25) is 4.79 Å². The summed E-state index contributed by atoms with van der Waals surface area (Å²) in [6.07, 6.45) is -6.12. The molecule has 2 heterocycles. The Morgan fingerprint density at radius 2 is 1.80 bits per heavy atom. The van der Waals surface area contributed by atoms with E-state index in [4.69, 9.17) is 14.2 Å². The zero-order valence-electron chi connectivity index (χ0n) is 16.4. The zero-order valence-corrected chi connectivity index (χ0v) is 16.4. The lowest BCUT2D eigenvalue weighted by Crippen LogP contribution is -2.61. The zero-order chi connectivity index (χ0) is 22.4. The Kier molecular flexibility index (Phi) is 8.97. The second-order valence-corrected chi connectivity index (χ2v) is 7.27. The van der Waals surface area contributed by atoms with Gasteiger partial charge < -0.3 is 55.0 Å². The van der Waals surface area contributed by atoms with Crippen molar-refractivity contribution < 1.29 is 54.4 Å². The number of hydrogen-bond donors (Lipinski definition) is 6. The Bertz CT molecular complexity index is 627. The first kappa shape index (κ1) is 24.5. The van der Waals surface area contributed by atoms with E-state index in [1.54, 1.807) is 0 Å². The molecule has 0 aromatic heterocycles. The molecule has 6 N–H and O–H groups in total. The van der Waals surface area contributed by atoms with Crippen molar-refractivity contribution in [2.24, 2.45) is 5.92 Å². The molecule has 0 spiro atoms. The Hall–Kier alpha value is -1.80. The minimum atomic E-state index is -1.61. The smallest absolute Gasteiger partial charge is 0.217 e. The van der Waals surface area contributed by atoms with Gasteiger partial charge >= 0.3 is 0 Å². The minimum Gasteiger partial charge on any atom is -0.542 e. The molecule has 0 radical (unpaired) electrons. The van der Waals surface area contributed by atoms with Crippen molar-refractivity contribution in [1.29, 1.82) is 0 Å². The molecular formula is C18H28NO11-. The molecule has 172 valence electrons. The number of rotatable bonds is 9. The van der Waals surface area contributed by atoms with E-state index in [1.165, 1.54) is 6.92 Å². The number of aliphatic hydroxyl groups excluding tert-OH is 5. The van der Waals surface area contributed by atoms with Crippen LogP contribution < -0.4 is 10.4 Å². The summed E-state index contributed by atoms with van der Waals surface area (Å²) < 4.78 is 15.8. The molecule has 2 rings (SSSR count). The van der Waals surface area contributed by atoms with E-state index in [9.17, 15) is 40.2 Å². The molecule has 1 saturated heterocycles. The number of aliphatic hydroxyl groups is 5. The molecule has 8 atom stereocenters. The van der Waals surface area contributed by atoms with Gasteiger partial charge in [-0.25, -0.2) is 0 Å². The van der Waals surface area contributed by atoms with E-state index in [1.807, 2.05) is 0 Å². The van der Waals surface area contributed by atoms with Gasteiger partial charge in [0, 0.05) is 25.9 Å². The number of carbonyl (C=O) groups is 2. The maximum Gasteiger partial charge on any atom is 0.217 e. The summed E-state index contributed by atoms with van der Waals surface area (Å²) in [7, 11) is 0. The van der Waals surface area contributed by atoms with Crippen LogP contribution in [0.25, 0.3) is 0 Å². The standard InChI is InChI=1S/C18H29NO11/c1-8(21)19-14-15(23)9(13(7-20)30-18(14)27)2-4-28-5-3-11-16(24)10(22)6-12(29-11)17(25)26/h6,9-11,13-16,18,20,22-24,27H,2-5,7H2,1H3,(H,19,21)(H,25,26)/p-1/t9-,10-,11+,13?,14?,15-,16?,18?/m1/s1. The molecule has 12 nitrogen and oxygen atoms in total. The summed E-state index contributed by atoms with van der Waals surface area (Å²) in [6.45, 7) is 0.915. The topological polar surface area (TPSA) is 198 Å². The molecule has 30 heavy (non-hydrogen) atoms. The lowest BCUT2D eigenvalue weighted by molar-refractivity contribution is -0.305. The quantitative estimate of drug-likeness (QED) is 0.192. The van der Waals surface area contributed by atoms with Crippen LogP contribution in [-0.2, 0) is 23.8 Å². The number of amides is 1. The lowest BCUT2D eigenvalue weighted by Gasteiger charge is -2.42. The van der Waals surface area contributed by atoms with E-state index < -0.39 is 73.0 Å². The van der Waals surface area contributed by atoms with Crippen LogP contribution in [0.5, 0.6) is 0 Å². The van der Waals surface area contributed by atoms with Crippen molar-refractivity contribution in [3.05, 3.63) is 11.8 Å². The van der Waals surface area contributed by atoms with Crippen LogP contribution in [0.15, 0.2) is 11.8 Å². The highest BCUT2D eigenvalue weighted by atomic mass is 16.6. The number of ether oxygens (including phenoxy) is 3. The second-order valence-electron chi connectivity index (χ2n) is 7.27. The van der Waals surface area contributed by atoms with Crippen molar-refractivity contribution in [2.75, 3.05) is 19.8 Å². The molecule has 0 aromatic carbocycles. The minimum absolute atomic E-state index is 0.0417. The van der Waals surface area contributed by atoms with Crippen molar-refractivity contribution in [3.8, 4) is 0 Å². The maximum absolute atomic E-state index is 11.3. The number of carboxylic acid groups (broad SMARTS) is 1. The van der Waals surface area contributed by atoms with E-state index in [2.05, 4.69) is 5.32 Å². The van der Waals surface area contributed by atoms with Crippen molar-refractivity contribution in [2.45, 2.75) is 62.6 Å². The van der Waals surface area contributed by atoms with Gasteiger partial charge in [-0.15, -0.1) is 0 Å². The fraction of sp³-hybridized carbons (Fsp3) is 0.778. The van der Waals surface area contributed by atoms with Crippen LogP contribution in [0.2, 0.25) is 0 Å². The number of carbonyl (C=O) groups excluding carboxylic acids is 2. The van der Waals surface area contributed by atoms with E-state index in [0.717, 1.165) is 6.08 Å². The molecule has 1 fully saturated rings. The molecular weight excluding hydrogens is 406 g/mol. The monoisotopic (exact) mass is 434 g/mol. The summed E-state index contributed by atoms with van der Waals surface area (Å²) >= 11 is 0. The average molecular weight is 434 g/mol. The first-order valence-electron chi connectivity index (χ1n) is 9.59. The van der Waals surface area contributed by atoms with Gasteiger partial charge in [-0.1, -0.05) is 0 Å². The highest BCUT2D eigenvalue weighted by Gasteiger charge is 2.44. The molecule has 0 aliphatic carbocycles. The van der Waals surface area contributed by atoms with E-state index in [-0.39, 0.29) is 26.1 Å². The third-order valence-electron chi connectivity index (χ3n) is 5.13. The first-order chi connectivity index (χ1) is 14.1.